The Morgan fingerprint density at radius 1 is 1.00 bits per heavy atom. The number of allylic oxidation sites excluding steroid dienone is 1. The summed E-state index contributed by atoms with van der Waals surface area (Å²) in [6, 6.07) is 10.5. The lowest BCUT2D eigenvalue weighted by Crippen LogP contribution is -2.20. The Labute approximate surface area is 151 Å². The summed E-state index contributed by atoms with van der Waals surface area (Å²) >= 11 is 0. The molecular formula is C23H28O2. The number of aromatic hydroxyl groups is 1. The number of hydrogen-bond donors (Lipinski definition) is 1. The molecule has 25 heavy (non-hydrogen) atoms. The molecule has 132 valence electrons. The van der Waals surface area contributed by atoms with Crippen LogP contribution in [0.15, 0.2) is 55.6 Å². The van der Waals surface area contributed by atoms with Crippen molar-refractivity contribution in [3.63, 3.8) is 0 Å². The number of aryl methyl sites for hydroxylation is 2. The molecule has 0 amide bonds. The van der Waals surface area contributed by atoms with Crippen molar-refractivity contribution < 1.29 is 9.84 Å². The van der Waals surface area contributed by atoms with Crippen molar-refractivity contribution >= 4 is 0 Å². The first-order valence-electron chi connectivity index (χ1n) is 8.60. The Hall–Kier alpha value is -2.48. The number of ether oxygens (including phenoxy) is 1. The highest BCUT2D eigenvalue weighted by molar-refractivity contribution is 5.50. The molecule has 0 aliphatic carbocycles. The van der Waals surface area contributed by atoms with Crippen molar-refractivity contribution in [2.45, 2.75) is 39.5 Å². The van der Waals surface area contributed by atoms with Gasteiger partial charge in [-0.05, 0) is 54.2 Å². The molecule has 0 aliphatic rings. The van der Waals surface area contributed by atoms with Crippen LogP contribution in [0.1, 0.15) is 41.7 Å². The molecule has 0 saturated carbocycles. The van der Waals surface area contributed by atoms with Crippen LogP contribution in [0.2, 0.25) is 0 Å². The highest BCUT2D eigenvalue weighted by Gasteiger charge is 2.25. The smallest absolute Gasteiger partial charge is 0.122 e. The van der Waals surface area contributed by atoms with Crippen LogP contribution in [0.25, 0.3) is 0 Å². The standard InChI is InChI=1S/C23H28O2/c1-7-9-18-15-20(14-17(4)22(18)24)23(5,6)19-10-11-21(16(3)13-19)25-12-8-2/h7-8,10-11,13-15,24H,1-2,9,12H2,3-6H3. The molecule has 2 nitrogen and oxygen atoms in total. The third-order valence-electron chi connectivity index (χ3n) is 4.72. The molecule has 1 N–H and O–H groups in total. The van der Waals surface area contributed by atoms with Crippen LogP contribution in [0, 0.1) is 13.8 Å². The normalized spacial score (nSPS) is 11.2. The maximum Gasteiger partial charge on any atom is 0.122 e. The molecule has 2 heteroatoms. The molecule has 0 heterocycles. The Morgan fingerprint density at radius 2 is 1.68 bits per heavy atom. The topological polar surface area (TPSA) is 29.5 Å². The minimum absolute atomic E-state index is 0.184. The van der Waals surface area contributed by atoms with E-state index in [1.807, 2.05) is 19.1 Å². The van der Waals surface area contributed by atoms with Gasteiger partial charge in [0.1, 0.15) is 18.1 Å². The van der Waals surface area contributed by atoms with Crippen LogP contribution in [0.4, 0.5) is 0 Å². The minimum Gasteiger partial charge on any atom is -0.507 e. The number of hydrogen-bond acceptors (Lipinski definition) is 2. The lowest BCUT2D eigenvalue weighted by molar-refractivity contribution is 0.360. The lowest BCUT2D eigenvalue weighted by Gasteiger charge is -2.28. The summed E-state index contributed by atoms with van der Waals surface area (Å²) in [7, 11) is 0. The second-order valence-electron chi connectivity index (χ2n) is 7.00. The molecule has 0 aliphatic heterocycles. The molecule has 0 saturated heterocycles. The molecule has 2 rings (SSSR count). The lowest BCUT2D eigenvalue weighted by atomic mass is 9.76. The molecule has 0 unspecified atom stereocenters. The summed E-state index contributed by atoms with van der Waals surface area (Å²) in [5.74, 6) is 1.25. The average molecular weight is 336 g/mol. The van der Waals surface area contributed by atoms with Crippen LogP contribution < -0.4 is 4.74 Å². The molecule has 2 aromatic carbocycles. The number of phenols is 1. The summed E-state index contributed by atoms with van der Waals surface area (Å²) in [4.78, 5) is 0. The van der Waals surface area contributed by atoms with Gasteiger partial charge >= 0.3 is 0 Å². The van der Waals surface area contributed by atoms with E-state index < -0.39 is 0 Å². The van der Waals surface area contributed by atoms with Crippen LogP contribution in [0.3, 0.4) is 0 Å². The second-order valence-corrected chi connectivity index (χ2v) is 7.00. The van der Waals surface area contributed by atoms with Crippen molar-refractivity contribution in [2.75, 3.05) is 6.61 Å². The minimum atomic E-state index is -0.184. The Balaban J connectivity index is 2.46. The van der Waals surface area contributed by atoms with Crippen molar-refractivity contribution in [3.05, 3.63) is 83.5 Å². The zero-order valence-electron chi connectivity index (χ0n) is 15.7. The predicted octanol–water partition coefficient (Wildman–Crippen LogP) is 5.63. The Kier molecular flexibility index (Phi) is 5.73. The average Bonchev–Trinajstić information content (AvgIpc) is 2.57. The van der Waals surface area contributed by atoms with E-state index in [-0.39, 0.29) is 5.41 Å². The fraction of sp³-hybridized carbons (Fsp3) is 0.304. The molecule has 0 aromatic heterocycles. The van der Waals surface area contributed by atoms with Gasteiger partial charge in [-0.1, -0.05) is 56.8 Å². The second kappa shape index (κ2) is 7.60. The fourth-order valence-corrected chi connectivity index (χ4v) is 3.04. The van der Waals surface area contributed by atoms with E-state index in [2.05, 4.69) is 58.2 Å². The third kappa shape index (κ3) is 3.96. The summed E-state index contributed by atoms with van der Waals surface area (Å²) in [5.41, 5.74) is 5.13. The van der Waals surface area contributed by atoms with Crippen molar-refractivity contribution in [3.8, 4) is 11.5 Å². The Morgan fingerprint density at radius 3 is 2.28 bits per heavy atom. The van der Waals surface area contributed by atoms with E-state index in [9.17, 15) is 5.11 Å². The largest absolute Gasteiger partial charge is 0.507 e. The maximum atomic E-state index is 10.3. The molecule has 0 spiro atoms. The highest BCUT2D eigenvalue weighted by Crippen LogP contribution is 2.37. The molecule has 0 bridgehead atoms. The number of benzene rings is 2. The monoisotopic (exact) mass is 336 g/mol. The first kappa shape index (κ1) is 18.9. The van der Waals surface area contributed by atoms with Crippen molar-refractivity contribution in [1.82, 2.24) is 0 Å². The first-order valence-corrected chi connectivity index (χ1v) is 8.60. The summed E-state index contributed by atoms with van der Waals surface area (Å²) in [5, 5.41) is 10.3. The van der Waals surface area contributed by atoms with E-state index in [0.29, 0.717) is 18.8 Å². The molecule has 0 atom stereocenters. The van der Waals surface area contributed by atoms with Gasteiger partial charge in [-0.3, -0.25) is 0 Å². The van der Waals surface area contributed by atoms with E-state index >= 15 is 0 Å². The number of rotatable bonds is 7. The molecule has 0 radical (unpaired) electrons. The summed E-state index contributed by atoms with van der Waals surface area (Å²) in [6.45, 7) is 16.4. The summed E-state index contributed by atoms with van der Waals surface area (Å²) in [6.07, 6.45) is 4.22. The van der Waals surface area contributed by atoms with Gasteiger partial charge in [0, 0.05) is 5.41 Å². The van der Waals surface area contributed by atoms with Gasteiger partial charge in [0.15, 0.2) is 0 Å². The van der Waals surface area contributed by atoms with Gasteiger partial charge < -0.3 is 9.84 Å². The van der Waals surface area contributed by atoms with Gasteiger partial charge in [0.25, 0.3) is 0 Å². The van der Waals surface area contributed by atoms with Gasteiger partial charge in [0.2, 0.25) is 0 Å². The molecule has 0 fully saturated rings. The quantitative estimate of drug-likeness (QED) is 0.664. The maximum absolute atomic E-state index is 10.3. The van der Waals surface area contributed by atoms with E-state index in [4.69, 9.17) is 4.74 Å². The fourth-order valence-electron chi connectivity index (χ4n) is 3.04. The van der Waals surface area contributed by atoms with E-state index in [1.54, 1.807) is 6.08 Å². The summed E-state index contributed by atoms with van der Waals surface area (Å²) < 4.78 is 5.68. The van der Waals surface area contributed by atoms with Gasteiger partial charge in [0.05, 0.1) is 0 Å². The van der Waals surface area contributed by atoms with E-state index in [0.717, 1.165) is 22.4 Å². The zero-order valence-corrected chi connectivity index (χ0v) is 15.7. The predicted molar refractivity (Wildman–Crippen MR) is 106 cm³/mol. The van der Waals surface area contributed by atoms with Crippen LogP contribution >= 0.6 is 0 Å². The first-order chi connectivity index (χ1) is 11.8. The van der Waals surface area contributed by atoms with Crippen LogP contribution in [-0.2, 0) is 11.8 Å². The van der Waals surface area contributed by atoms with Crippen molar-refractivity contribution in [2.24, 2.45) is 0 Å². The van der Waals surface area contributed by atoms with E-state index in [1.165, 1.54) is 11.1 Å². The van der Waals surface area contributed by atoms with Gasteiger partial charge in [-0.15, -0.1) is 6.58 Å². The third-order valence-corrected chi connectivity index (χ3v) is 4.72. The molecular weight excluding hydrogens is 308 g/mol. The van der Waals surface area contributed by atoms with Crippen LogP contribution in [-0.4, -0.2) is 11.7 Å². The van der Waals surface area contributed by atoms with Crippen molar-refractivity contribution in [1.29, 1.82) is 0 Å². The van der Waals surface area contributed by atoms with Crippen LogP contribution in [0.5, 0.6) is 11.5 Å². The highest BCUT2D eigenvalue weighted by atomic mass is 16.5. The molecule has 2 aromatic rings. The SMILES string of the molecule is C=CCOc1ccc(C(C)(C)c2cc(C)c(O)c(CC=C)c2)cc1C. The van der Waals surface area contributed by atoms with Gasteiger partial charge in [-0.25, -0.2) is 0 Å². The Bertz CT molecular complexity index is 785. The number of phenolic OH excluding ortho intramolecular Hbond substituents is 1. The zero-order chi connectivity index (χ0) is 18.6. The van der Waals surface area contributed by atoms with Gasteiger partial charge in [-0.2, -0.15) is 0 Å².